The highest BCUT2D eigenvalue weighted by Gasteiger charge is 2.35. The van der Waals surface area contributed by atoms with E-state index >= 15 is 0 Å². The minimum absolute atomic E-state index is 0.125. The van der Waals surface area contributed by atoms with Crippen molar-refractivity contribution in [3.63, 3.8) is 0 Å². The summed E-state index contributed by atoms with van der Waals surface area (Å²) in [5, 5.41) is 12.2. The molecule has 3 atom stereocenters. The molecule has 2 amide bonds. The van der Waals surface area contributed by atoms with Crippen molar-refractivity contribution in [1.82, 2.24) is 10.2 Å². The van der Waals surface area contributed by atoms with Crippen LogP contribution in [0, 0.1) is 11.8 Å². The van der Waals surface area contributed by atoms with Crippen LogP contribution in [0.5, 0.6) is 0 Å². The van der Waals surface area contributed by atoms with E-state index in [2.05, 4.69) is 5.32 Å². The highest BCUT2D eigenvalue weighted by molar-refractivity contribution is 7.98. The number of carboxylic acids is 1. The lowest BCUT2D eigenvalue weighted by Gasteiger charge is -2.36. The highest BCUT2D eigenvalue weighted by Crippen LogP contribution is 2.23. The van der Waals surface area contributed by atoms with Gasteiger partial charge in [-0.2, -0.15) is 11.8 Å². The Morgan fingerprint density at radius 2 is 1.96 bits per heavy atom. The van der Waals surface area contributed by atoms with E-state index in [9.17, 15) is 19.5 Å². The molecular formula is C19H26N2O4S. The molecule has 0 spiro atoms. The van der Waals surface area contributed by atoms with Crippen molar-refractivity contribution in [2.75, 3.05) is 25.1 Å². The van der Waals surface area contributed by atoms with E-state index in [1.807, 2.05) is 19.2 Å². The number of hydrogen-bond acceptors (Lipinski definition) is 4. The molecular weight excluding hydrogens is 352 g/mol. The highest BCUT2D eigenvalue weighted by atomic mass is 32.2. The molecule has 2 N–H and O–H groups in total. The molecule has 26 heavy (non-hydrogen) atoms. The van der Waals surface area contributed by atoms with Crippen LogP contribution < -0.4 is 5.32 Å². The van der Waals surface area contributed by atoms with E-state index in [-0.39, 0.29) is 24.3 Å². The third-order valence-corrected chi connectivity index (χ3v) is 5.21. The van der Waals surface area contributed by atoms with Crippen molar-refractivity contribution < 1.29 is 19.5 Å². The summed E-state index contributed by atoms with van der Waals surface area (Å²) in [6.45, 7) is 2.68. The first-order chi connectivity index (χ1) is 12.4. The number of amides is 2. The summed E-state index contributed by atoms with van der Waals surface area (Å²) in [7, 11) is 0. The number of nitrogens with one attached hydrogen (secondary N) is 1. The Morgan fingerprint density at radius 1 is 1.27 bits per heavy atom. The number of carbonyl (C=O) groups excluding carboxylic acids is 2. The van der Waals surface area contributed by atoms with Gasteiger partial charge in [-0.15, -0.1) is 0 Å². The Morgan fingerprint density at radius 3 is 2.58 bits per heavy atom. The fraction of sp³-hybridized carbons (Fsp3) is 0.526. The molecule has 0 bridgehead atoms. The monoisotopic (exact) mass is 378 g/mol. The van der Waals surface area contributed by atoms with Gasteiger partial charge in [-0.1, -0.05) is 25.1 Å². The van der Waals surface area contributed by atoms with Crippen LogP contribution in [0.25, 0.3) is 0 Å². The molecule has 0 aliphatic carbocycles. The molecule has 1 saturated heterocycles. The van der Waals surface area contributed by atoms with Gasteiger partial charge >= 0.3 is 5.97 Å². The standard InChI is InChI=1S/C19H26N2O4S/c1-13-10-15(19(24)25)12-21(11-13)18(23)16(8-9-26-2)20-17(22)14-6-4-3-5-7-14/h3-7,13,15-16H,8-12H2,1-2H3,(H,20,22)(H,24,25). The lowest BCUT2D eigenvalue weighted by Crippen LogP contribution is -2.53. The Bertz CT molecular complexity index is 638. The maximum absolute atomic E-state index is 13.0. The van der Waals surface area contributed by atoms with Crippen LogP contribution in [0.1, 0.15) is 30.1 Å². The number of rotatable bonds is 7. The number of aliphatic carboxylic acids is 1. The first kappa shape index (κ1) is 20.3. The Balaban J connectivity index is 2.10. The first-order valence-corrected chi connectivity index (χ1v) is 10.2. The molecule has 7 heteroatoms. The van der Waals surface area contributed by atoms with Crippen LogP contribution in [0.4, 0.5) is 0 Å². The Hall–Kier alpha value is -2.02. The van der Waals surface area contributed by atoms with Crippen LogP contribution in [0.3, 0.4) is 0 Å². The van der Waals surface area contributed by atoms with E-state index in [1.165, 1.54) is 0 Å². The van der Waals surface area contributed by atoms with Gasteiger partial charge in [0.2, 0.25) is 5.91 Å². The van der Waals surface area contributed by atoms with Gasteiger partial charge in [-0.25, -0.2) is 0 Å². The second kappa shape index (κ2) is 9.62. The molecule has 1 aliphatic heterocycles. The summed E-state index contributed by atoms with van der Waals surface area (Å²) in [6.07, 6.45) is 3.04. The van der Waals surface area contributed by atoms with Crippen LogP contribution in [0.2, 0.25) is 0 Å². The second-order valence-electron chi connectivity index (χ2n) is 6.79. The van der Waals surface area contributed by atoms with Crippen LogP contribution in [-0.2, 0) is 9.59 Å². The maximum Gasteiger partial charge on any atom is 0.308 e. The number of carbonyl (C=O) groups is 3. The third kappa shape index (κ3) is 5.49. The average molecular weight is 378 g/mol. The minimum Gasteiger partial charge on any atom is -0.481 e. The maximum atomic E-state index is 13.0. The second-order valence-corrected chi connectivity index (χ2v) is 7.78. The van der Waals surface area contributed by atoms with Crippen molar-refractivity contribution in [2.24, 2.45) is 11.8 Å². The number of carboxylic acid groups (broad SMARTS) is 1. The largest absolute Gasteiger partial charge is 0.481 e. The van der Waals surface area contributed by atoms with Gasteiger partial charge in [0.25, 0.3) is 5.91 Å². The minimum atomic E-state index is -0.872. The molecule has 6 nitrogen and oxygen atoms in total. The van der Waals surface area contributed by atoms with Gasteiger partial charge in [0.1, 0.15) is 6.04 Å². The Labute approximate surface area is 158 Å². The molecule has 3 unspecified atom stereocenters. The molecule has 1 aromatic rings. The van der Waals surface area contributed by atoms with E-state index in [1.54, 1.807) is 40.9 Å². The van der Waals surface area contributed by atoms with E-state index in [4.69, 9.17) is 0 Å². The van der Waals surface area contributed by atoms with Crippen molar-refractivity contribution in [3.8, 4) is 0 Å². The van der Waals surface area contributed by atoms with Gasteiger partial charge in [0, 0.05) is 18.7 Å². The van der Waals surface area contributed by atoms with Crippen molar-refractivity contribution in [3.05, 3.63) is 35.9 Å². The van der Waals surface area contributed by atoms with Crippen LogP contribution in [0.15, 0.2) is 30.3 Å². The summed E-state index contributed by atoms with van der Waals surface area (Å²) >= 11 is 1.61. The lowest BCUT2D eigenvalue weighted by molar-refractivity contribution is -0.147. The topological polar surface area (TPSA) is 86.7 Å². The Kier molecular flexibility index (Phi) is 7.50. The number of nitrogens with zero attached hydrogens (tertiary/aromatic N) is 1. The van der Waals surface area contributed by atoms with Crippen molar-refractivity contribution >= 4 is 29.5 Å². The summed E-state index contributed by atoms with van der Waals surface area (Å²) in [6, 6.07) is 8.14. The molecule has 2 rings (SSSR count). The number of hydrogen-bond donors (Lipinski definition) is 2. The summed E-state index contributed by atoms with van der Waals surface area (Å²) in [4.78, 5) is 38.4. The zero-order valence-corrected chi connectivity index (χ0v) is 16.0. The summed E-state index contributed by atoms with van der Waals surface area (Å²) < 4.78 is 0. The van der Waals surface area contributed by atoms with E-state index < -0.39 is 17.9 Å². The molecule has 1 aromatic carbocycles. The van der Waals surface area contributed by atoms with Crippen LogP contribution in [-0.4, -0.2) is 58.9 Å². The zero-order chi connectivity index (χ0) is 19.1. The number of benzene rings is 1. The smallest absolute Gasteiger partial charge is 0.308 e. The first-order valence-electron chi connectivity index (χ1n) is 8.78. The fourth-order valence-electron chi connectivity index (χ4n) is 3.25. The molecule has 1 heterocycles. The zero-order valence-electron chi connectivity index (χ0n) is 15.2. The number of piperidine rings is 1. The number of thioether (sulfide) groups is 1. The fourth-order valence-corrected chi connectivity index (χ4v) is 3.73. The quantitative estimate of drug-likeness (QED) is 0.759. The SMILES string of the molecule is CSCCC(NC(=O)c1ccccc1)C(=O)N1CC(C)CC(C(=O)O)C1. The van der Waals surface area contributed by atoms with Gasteiger partial charge in [-0.3, -0.25) is 14.4 Å². The van der Waals surface area contributed by atoms with E-state index in [0.29, 0.717) is 24.9 Å². The third-order valence-electron chi connectivity index (χ3n) is 4.57. The average Bonchev–Trinajstić information content (AvgIpc) is 2.64. The molecule has 0 radical (unpaired) electrons. The molecule has 1 fully saturated rings. The van der Waals surface area contributed by atoms with Crippen LogP contribution >= 0.6 is 11.8 Å². The van der Waals surface area contributed by atoms with Crippen molar-refractivity contribution in [2.45, 2.75) is 25.8 Å². The summed E-state index contributed by atoms with van der Waals surface area (Å²) in [5.41, 5.74) is 0.505. The number of likely N-dealkylation sites (tertiary alicyclic amines) is 1. The van der Waals surface area contributed by atoms with Gasteiger partial charge in [0.05, 0.1) is 5.92 Å². The molecule has 1 aliphatic rings. The summed E-state index contributed by atoms with van der Waals surface area (Å²) in [5.74, 6) is -1.04. The van der Waals surface area contributed by atoms with Gasteiger partial charge < -0.3 is 15.3 Å². The predicted molar refractivity (Wildman–Crippen MR) is 102 cm³/mol. The normalized spacial score (nSPS) is 21.1. The molecule has 0 saturated carbocycles. The predicted octanol–water partition coefficient (Wildman–Crippen LogP) is 2.11. The molecule has 0 aromatic heterocycles. The van der Waals surface area contributed by atoms with E-state index in [0.717, 1.165) is 5.75 Å². The van der Waals surface area contributed by atoms with Crippen molar-refractivity contribution in [1.29, 1.82) is 0 Å². The molecule has 142 valence electrons. The lowest BCUT2D eigenvalue weighted by atomic mass is 9.90. The van der Waals surface area contributed by atoms with Gasteiger partial charge in [-0.05, 0) is 42.9 Å². The van der Waals surface area contributed by atoms with Gasteiger partial charge in [0.15, 0.2) is 0 Å².